The second kappa shape index (κ2) is 6.36. The monoisotopic (exact) mass is 444 g/mol. The van der Waals surface area contributed by atoms with Gasteiger partial charge in [-0.15, -0.1) is 0 Å². The Morgan fingerprint density at radius 3 is 2.35 bits per heavy atom. The van der Waals surface area contributed by atoms with Gasteiger partial charge in [0, 0.05) is 0 Å². The molecule has 1 aliphatic carbocycles. The van der Waals surface area contributed by atoms with Crippen molar-refractivity contribution in [3.05, 3.63) is 29.8 Å². The van der Waals surface area contributed by atoms with Crippen molar-refractivity contribution in [2.75, 3.05) is 0 Å². The normalized spacial score (nSPS) is 24.2. The van der Waals surface area contributed by atoms with Gasteiger partial charge in [0.25, 0.3) is 0 Å². The molecular weight excluding hydrogens is 426 g/mol. The molecule has 2 rings (SSSR count). The van der Waals surface area contributed by atoms with Crippen molar-refractivity contribution >= 4 is 5.97 Å². The van der Waals surface area contributed by atoms with Crippen LogP contribution < -0.4 is 4.74 Å². The molecular formula is C14H18O2Ra. The summed E-state index contributed by atoms with van der Waals surface area (Å²) in [6.45, 7) is 2.03. The van der Waals surface area contributed by atoms with Gasteiger partial charge in [-0.2, -0.15) is 0 Å². The van der Waals surface area contributed by atoms with Crippen molar-refractivity contribution in [1.82, 2.24) is 0 Å². The molecule has 3 heteroatoms. The average Bonchev–Trinajstić information content (AvgIpc) is 2.33. The SMILES string of the molecule is Cc1ccc(OC(=O)C2CC[CH]([RaH])CC2)cc1. The van der Waals surface area contributed by atoms with E-state index in [9.17, 15) is 4.79 Å². The summed E-state index contributed by atoms with van der Waals surface area (Å²) in [5.41, 5.74) is 1.18. The molecule has 1 aromatic carbocycles. The Kier molecular flexibility index (Phi) is 5.08. The number of esters is 1. The van der Waals surface area contributed by atoms with E-state index in [0.717, 1.165) is 13.8 Å². The number of hydrogen-bond acceptors (Lipinski definition) is 2. The van der Waals surface area contributed by atoms with Gasteiger partial charge >= 0.3 is 133 Å². The maximum atomic E-state index is 12.0. The molecule has 0 bridgehead atoms. The molecule has 0 N–H and O–H groups in total. The van der Waals surface area contributed by atoms with Crippen LogP contribution >= 0.6 is 0 Å². The van der Waals surface area contributed by atoms with E-state index in [0.29, 0.717) is 48.5 Å². The van der Waals surface area contributed by atoms with Crippen molar-refractivity contribution in [2.45, 2.75) is 33.6 Å². The summed E-state index contributed by atoms with van der Waals surface area (Å²) in [7, 11) is 0. The second-order valence-electron chi connectivity index (χ2n) is 5.19. The first-order chi connectivity index (χ1) is 8.15. The molecule has 0 radical (unpaired) electrons. The van der Waals surface area contributed by atoms with Gasteiger partial charge in [-0.05, 0) is 0 Å². The third-order valence-corrected chi connectivity index (χ3v) is 8.33. The third kappa shape index (κ3) is 4.08. The quantitative estimate of drug-likeness (QED) is 0.518. The van der Waals surface area contributed by atoms with E-state index in [4.69, 9.17) is 4.74 Å². The molecule has 0 aliphatic heterocycles. The topological polar surface area (TPSA) is 26.3 Å². The Morgan fingerprint density at radius 2 is 1.76 bits per heavy atom. The molecule has 0 aromatic heterocycles. The zero-order valence-electron chi connectivity index (χ0n) is 10.6. The van der Waals surface area contributed by atoms with Gasteiger partial charge in [0.15, 0.2) is 0 Å². The van der Waals surface area contributed by atoms with Crippen molar-refractivity contribution in [3.63, 3.8) is 0 Å². The third-order valence-electron chi connectivity index (χ3n) is 3.59. The maximum absolute atomic E-state index is 12.0. The Balaban J connectivity index is 1.90. The van der Waals surface area contributed by atoms with E-state index in [2.05, 4.69) is 0 Å². The number of carbonyl (C=O) groups excluding carboxylic acids is 1. The van der Waals surface area contributed by atoms with Crippen LogP contribution in [0.5, 0.6) is 5.75 Å². The van der Waals surface area contributed by atoms with Gasteiger partial charge in [0.1, 0.15) is 0 Å². The first-order valence-corrected chi connectivity index (χ1v) is 11.2. The number of ether oxygens (including phenoxy) is 1. The Labute approximate surface area is 132 Å². The Bertz CT molecular complexity index is 378. The fraction of sp³-hybridized carbons (Fsp3) is 0.500. The summed E-state index contributed by atoms with van der Waals surface area (Å²) in [5, 5.41) is 0. The fourth-order valence-corrected chi connectivity index (χ4v) is 5.04. The summed E-state index contributed by atoms with van der Waals surface area (Å²) in [6, 6.07) is 7.69. The molecule has 17 heavy (non-hydrogen) atoms. The van der Waals surface area contributed by atoms with Gasteiger partial charge in [0.2, 0.25) is 0 Å². The first-order valence-electron chi connectivity index (χ1n) is 6.43. The fourth-order valence-electron chi connectivity index (χ4n) is 2.30. The molecule has 88 valence electrons. The standard InChI is InChI=1S/C14H17O2.Ra.H/c1-11-7-9-13(10-8-11)16-14(15)12-5-3-2-4-6-12;;/h2,7-10,12H,3-6H2,1H3;;. The second-order valence-corrected chi connectivity index (χ2v) is 11.9. The molecule has 0 heterocycles. The summed E-state index contributed by atoms with van der Waals surface area (Å²) < 4.78 is 6.42. The summed E-state index contributed by atoms with van der Waals surface area (Å²) in [5.74, 6) is 0.792. The number of carbonyl (C=O) groups is 1. The van der Waals surface area contributed by atoms with Crippen LogP contribution in [0.3, 0.4) is 0 Å². The van der Waals surface area contributed by atoms with E-state index < -0.39 is 0 Å². The molecule has 1 fully saturated rings. The minimum absolute atomic E-state index is 0.0293. The van der Waals surface area contributed by atoms with E-state index >= 15 is 0 Å². The molecule has 2 nitrogen and oxygen atoms in total. The number of rotatable bonds is 2. The molecule has 1 aliphatic rings. The van der Waals surface area contributed by atoms with E-state index in [-0.39, 0.29) is 11.9 Å². The number of benzene rings is 1. The van der Waals surface area contributed by atoms with Crippen LogP contribution in [-0.2, 0) is 4.79 Å². The van der Waals surface area contributed by atoms with E-state index in [1.807, 2.05) is 31.2 Å². The number of aryl methyl sites for hydroxylation is 1. The molecule has 1 aromatic rings. The van der Waals surface area contributed by atoms with Crippen LogP contribution in [0, 0.1) is 55.6 Å². The van der Waals surface area contributed by atoms with Gasteiger partial charge in [-0.3, -0.25) is 0 Å². The molecule has 0 amide bonds. The molecule has 0 spiro atoms. The number of hydrogen-bond donors (Lipinski definition) is 0. The zero-order valence-corrected chi connectivity index (χ0v) is 18.8. The summed E-state index contributed by atoms with van der Waals surface area (Å²) in [6.07, 6.45) is 4.57. The van der Waals surface area contributed by atoms with Crippen LogP contribution in [0.1, 0.15) is 31.2 Å². The van der Waals surface area contributed by atoms with Crippen LogP contribution in [0.2, 0.25) is 0.959 Å². The minimum atomic E-state index is -0.0293. The zero-order chi connectivity index (χ0) is 12.3. The van der Waals surface area contributed by atoms with Crippen LogP contribution in [0.25, 0.3) is 0 Å². The average molecular weight is 444 g/mol. The van der Waals surface area contributed by atoms with Gasteiger partial charge < -0.3 is 0 Å². The van der Waals surface area contributed by atoms with Crippen LogP contribution in [0.15, 0.2) is 24.3 Å². The van der Waals surface area contributed by atoms with Gasteiger partial charge in [-0.25, -0.2) is 0 Å². The predicted molar refractivity (Wildman–Crippen MR) is 63.9 cm³/mol. The first kappa shape index (κ1) is 13.6. The van der Waals surface area contributed by atoms with Crippen LogP contribution in [0.4, 0.5) is 0 Å². The Morgan fingerprint density at radius 1 is 1.18 bits per heavy atom. The van der Waals surface area contributed by atoms with Crippen LogP contribution in [-0.4, -0.2) is 5.97 Å². The van der Waals surface area contributed by atoms with Gasteiger partial charge in [-0.1, -0.05) is 0 Å². The molecule has 0 atom stereocenters. The van der Waals surface area contributed by atoms with Crippen molar-refractivity contribution < 1.29 is 52.3 Å². The molecule has 0 saturated heterocycles. The van der Waals surface area contributed by atoms with E-state index in [1.54, 1.807) is 0 Å². The molecule has 0 unspecified atom stereocenters. The van der Waals surface area contributed by atoms with Crippen molar-refractivity contribution in [2.24, 2.45) is 5.92 Å². The van der Waals surface area contributed by atoms with Crippen molar-refractivity contribution in [1.29, 1.82) is 0 Å². The molecule has 1 saturated carbocycles. The van der Waals surface area contributed by atoms with Gasteiger partial charge in [0.05, 0.1) is 0 Å². The predicted octanol–water partition coefficient (Wildman–Crippen LogP) is 3.16. The van der Waals surface area contributed by atoms with Crippen molar-refractivity contribution in [3.8, 4) is 5.75 Å². The summed E-state index contributed by atoms with van der Waals surface area (Å²) >= 11 is 0.616. The summed E-state index contributed by atoms with van der Waals surface area (Å²) in [4.78, 5) is 12.0. The Hall–Kier alpha value is 0.158. The van der Waals surface area contributed by atoms with E-state index in [1.165, 1.54) is 18.4 Å².